The first-order chi connectivity index (χ1) is 13.2. The van der Waals surface area contributed by atoms with Crippen LogP contribution in [0.4, 0.5) is 23.1 Å². The van der Waals surface area contributed by atoms with Crippen molar-refractivity contribution < 1.29 is 9.66 Å². The number of hydrogen-bond acceptors (Lipinski definition) is 7. The molecule has 3 aromatic rings. The van der Waals surface area contributed by atoms with E-state index in [0.717, 1.165) is 30.4 Å². The van der Waals surface area contributed by atoms with Crippen LogP contribution < -0.4 is 10.6 Å². The highest BCUT2D eigenvalue weighted by Crippen LogP contribution is 2.25. The lowest BCUT2D eigenvalue weighted by atomic mass is 10.2. The molecule has 2 N–H and O–H groups in total. The number of hydrogen-bond donors (Lipinski definition) is 2. The van der Waals surface area contributed by atoms with E-state index < -0.39 is 4.92 Å². The summed E-state index contributed by atoms with van der Waals surface area (Å²) in [4.78, 5) is 19.6. The fraction of sp³-hybridized carbons (Fsp3) is 0.263. The van der Waals surface area contributed by atoms with Gasteiger partial charge in [0.25, 0.3) is 5.69 Å². The van der Waals surface area contributed by atoms with Crippen molar-refractivity contribution in [1.82, 2.24) is 9.97 Å². The summed E-state index contributed by atoms with van der Waals surface area (Å²) >= 11 is 0. The molecular weight excluding hydrogens is 346 g/mol. The van der Waals surface area contributed by atoms with E-state index in [2.05, 4.69) is 20.6 Å². The van der Waals surface area contributed by atoms with E-state index in [4.69, 9.17) is 4.74 Å². The number of non-ortho nitro benzene ring substituents is 1. The average molecular weight is 365 g/mol. The number of nitrogens with zero attached hydrogens (tertiary/aromatic N) is 3. The van der Waals surface area contributed by atoms with Crippen molar-refractivity contribution in [1.29, 1.82) is 0 Å². The van der Waals surface area contributed by atoms with E-state index in [0.29, 0.717) is 24.0 Å². The van der Waals surface area contributed by atoms with Crippen LogP contribution in [0.15, 0.2) is 48.5 Å². The molecule has 27 heavy (non-hydrogen) atoms. The second-order valence-electron chi connectivity index (χ2n) is 6.36. The number of nitro benzene ring substituents is 1. The lowest BCUT2D eigenvalue weighted by Gasteiger charge is -2.14. The summed E-state index contributed by atoms with van der Waals surface area (Å²) in [5.74, 6) is 1.09. The van der Waals surface area contributed by atoms with Crippen molar-refractivity contribution in [3.8, 4) is 0 Å². The molecule has 4 rings (SSSR count). The molecule has 1 aliphatic heterocycles. The van der Waals surface area contributed by atoms with Crippen LogP contribution in [0.1, 0.15) is 12.8 Å². The maximum absolute atomic E-state index is 11.0. The van der Waals surface area contributed by atoms with E-state index in [9.17, 15) is 10.1 Å². The second kappa shape index (κ2) is 7.55. The van der Waals surface area contributed by atoms with E-state index in [1.807, 2.05) is 24.3 Å². The predicted molar refractivity (Wildman–Crippen MR) is 103 cm³/mol. The Morgan fingerprint density at radius 1 is 1.19 bits per heavy atom. The molecule has 1 unspecified atom stereocenters. The highest BCUT2D eigenvalue weighted by molar-refractivity contribution is 5.90. The summed E-state index contributed by atoms with van der Waals surface area (Å²) in [5, 5.41) is 18.3. The van der Waals surface area contributed by atoms with Crippen LogP contribution >= 0.6 is 0 Å². The first-order valence-corrected chi connectivity index (χ1v) is 8.83. The number of anilines is 3. The van der Waals surface area contributed by atoms with Gasteiger partial charge in [0, 0.05) is 36.4 Å². The minimum Gasteiger partial charge on any atom is -0.376 e. The van der Waals surface area contributed by atoms with Crippen molar-refractivity contribution in [3.05, 3.63) is 58.6 Å². The minimum absolute atomic E-state index is 0.0116. The molecule has 1 saturated heterocycles. The minimum atomic E-state index is -0.430. The highest BCUT2D eigenvalue weighted by atomic mass is 16.6. The second-order valence-corrected chi connectivity index (χ2v) is 6.36. The van der Waals surface area contributed by atoms with Crippen LogP contribution in [-0.2, 0) is 4.74 Å². The largest absolute Gasteiger partial charge is 0.376 e. The fourth-order valence-corrected chi connectivity index (χ4v) is 3.11. The molecule has 138 valence electrons. The quantitative estimate of drug-likeness (QED) is 0.505. The van der Waals surface area contributed by atoms with Crippen LogP contribution in [0.2, 0.25) is 0 Å². The van der Waals surface area contributed by atoms with E-state index in [1.165, 1.54) is 12.1 Å². The Labute approximate surface area is 155 Å². The van der Waals surface area contributed by atoms with Crippen molar-refractivity contribution in [2.24, 2.45) is 0 Å². The third-order valence-electron chi connectivity index (χ3n) is 4.44. The van der Waals surface area contributed by atoms with Crippen molar-refractivity contribution in [2.45, 2.75) is 18.9 Å². The van der Waals surface area contributed by atoms with Gasteiger partial charge in [0.1, 0.15) is 5.82 Å². The van der Waals surface area contributed by atoms with Crippen LogP contribution in [0.3, 0.4) is 0 Å². The van der Waals surface area contributed by atoms with Crippen LogP contribution in [-0.4, -0.2) is 34.1 Å². The maximum Gasteiger partial charge on any atom is 0.271 e. The molecular formula is C19H19N5O3. The van der Waals surface area contributed by atoms with Crippen molar-refractivity contribution in [3.63, 3.8) is 0 Å². The molecule has 0 radical (unpaired) electrons. The van der Waals surface area contributed by atoms with Gasteiger partial charge in [0.05, 0.1) is 16.5 Å². The number of nitro groups is 1. The summed E-state index contributed by atoms with van der Waals surface area (Å²) in [6.07, 6.45) is 2.30. The zero-order chi connectivity index (χ0) is 18.6. The number of aromatic nitrogens is 2. The molecule has 1 aromatic heterocycles. The van der Waals surface area contributed by atoms with Gasteiger partial charge < -0.3 is 15.4 Å². The molecule has 1 fully saturated rings. The molecule has 0 saturated carbocycles. The number of ether oxygens (including phenoxy) is 1. The topological polar surface area (TPSA) is 102 Å². The van der Waals surface area contributed by atoms with Gasteiger partial charge in [0.2, 0.25) is 5.95 Å². The zero-order valence-electron chi connectivity index (χ0n) is 14.6. The first kappa shape index (κ1) is 17.2. The third-order valence-corrected chi connectivity index (χ3v) is 4.44. The van der Waals surface area contributed by atoms with Gasteiger partial charge in [-0.05, 0) is 31.0 Å². The Balaban J connectivity index is 1.62. The Kier molecular flexibility index (Phi) is 4.80. The highest BCUT2D eigenvalue weighted by Gasteiger charge is 2.16. The molecule has 8 heteroatoms. The van der Waals surface area contributed by atoms with Gasteiger partial charge in [0.15, 0.2) is 0 Å². The van der Waals surface area contributed by atoms with Gasteiger partial charge >= 0.3 is 0 Å². The molecule has 0 bridgehead atoms. The third kappa shape index (κ3) is 3.95. The van der Waals surface area contributed by atoms with Crippen molar-refractivity contribution >= 4 is 34.0 Å². The standard InChI is InChI=1S/C19H19N5O3/c25-24(26)14-6-3-5-13(11-14)21-19-22-17-9-2-1-8-16(17)18(23-19)20-12-15-7-4-10-27-15/h1-3,5-6,8-9,11,15H,4,7,10,12H2,(H2,20,21,22,23). The molecule has 0 amide bonds. The van der Waals surface area contributed by atoms with Gasteiger partial charge in [-0.2, -0.15) is 4.98 Å². The number of benzene rings is 2. The number of nitrogens with one attached hydrogen (secondary N) is 2. The summed E-state index contributed by atoms with van der Waals surface area (Å²) in [5.41, 5.74) is 1.36. The summed E-state index contributed by atoms with van der Waals surface area (Å²) in [6.45, 7) is 1.48. The van der Waals surface area contributed by atoms with Crippen LogP contribution in [0, 0.1) is 10.1 Å². The average Bonchev–Trinajstić information content (AvgIpc) is 3.20. The zero-order valence-corrected chi connectivity index (χ0v) is 14.6. The number of rotatable bonds is 6. The Morgan fingerprint density at radius 2 is 2.07 bits per heavy atom. The summed E-state index contributed by atoms with van der Waals surface area (Å²) < 4.78 is 5.66. The van der Waals surface area contributed by atoms with E-state index >= 15 is 0 Å². The van der Waals surface area contributed by atoms with Crippen LogP contribution in [0.25, 0.3) is 10.9 Å². The van der Waals surface area contributed by atoms with Crippen molar-refractivity contribution in [2.75, 3.05) is 23.8 Å². The maximum atomic E-state index is 11.0. The Morgan fingerprint density at radius 3 is 2.89 bits per heavy atom. The SMILES string of the molecule is O=[N+]([O-])c1cccc(Nc2nc(NCC3CCCO3)c3ccccc3n2)c1. The smallest absolute Gasteiger partial charge is 0.271 e. The Hall–Kier alpha value is -3.26. The Bertz CT molecular complexity index is 972. The number of para-hydroxylation sites is 1. The van der Waals surface area contributed by atoms with E-state index in [1.54, 1.807) is 12.1 Å². The first-order valence-electron chi connectivity index (χ1n) is 8.83. The summed E-state index contributed by atoms with van der Waals surface area (Å²) in [6, 6.07) is 14.0. The van der Waals surface area contributed by atoms with Gasteiger partial charge in [-0.3, -0.25) is 10.1 Å². The normalized spacial score (nSPS) is 16.4. The number of fused-ring (bicyclic) bond motifs is 1. The molecule has 0 spiro atoms. The van der Waals surface area contributed by atoms with E-state index in [-0.39, 0.29) is 11.8 Å². The van der Waals surface area contributed by atoms with Gasteiger partial charge in [-0.1, -0.05) is 18.2 Å². The van der Waals surface area contributed by atoms with Gasteiger partial charge in [-0.25, -0.2) is 4.98 Å². The fourth-order valence-electron chi connectivity index (χ4n) is 3.11. The lowest BCUT2D eigenvalue weighted by Crippen LogP contribution is -2.19. The molecule has 8 nitrogen and oxygen atoms in total. The molecule has 0 aliphatic carbocycles. The lowest BCUT2D eigenvalue weighted by molar-refractivity contribution is -0.384. The summed E-state index contributed by atoms with van der Waals surface area (Å²) in [7, 11) is 0. The monoisotopic (exact) mass is 365 g/mol. The predicted octanol–water partition coefficient (Wildman–Crippen LogP) is 3.87. The van der Waals surface area contributed by atoms with Crippen LogP contribution in [0.5, 0.6) is 0 Å². The molecule has 2 aromatic carbocycles. The molecule has 1 atom stereocenters. The molecule has 2 heterocycles. The van der Waals surface area contributed by atoms with Gasteiger partial charge in [-0.15, -0.1) is 0 Å². The molecule has 1 aliphatic rings.